The average molecular weight is 495 g/mol. The van der Waals surface area contributed by atoms with Crippen LogP contribution in [0.5, 0.6) is 0 Å². The van der Waals surface area contributed by atoms with Gasteiger partial charge in [-0.1, -0.05) is 30.1 Å². The number of hydrogen-bond acceptors (Lipinski definition) is 14. The van der Waals surface area contributed by atoms with Gasteiger partial charge in [-0.3, -0.25) is 0 Å². The van der Waals surface area contributed by atoms with Crippen LogP contribution in [0, 0.1) is 10.1 Å². The monoisotopic (exact) mass is 494 g/mol. The Labute approximate surface area is 193 Å². The Kier molecular flexibility index (Phi) is 20.4. The Morgan fingerprint density at radius 3 is 1.78 bits per heavy atom. The summed E-state index contributed by atoms with van der Waals surface area (Å²) in [6.07, 6.45) is 0. The molecule has 0 aliphatic carbocycles. The second-order valence-corrected chi connectivity index (χ2v) is 6.58. The molecule has 2 rings (SSSR count). The van der Waals surface area contributed by atoms with Crippen molar-refractivity contribution >= 4 is 55.7 Å². The fraction of sp³-hybridized carbons (Fsp3) is 0.455. The summed E-state index contributed by atoms with van der Waals surface area (Å²) < 4.78 is 9.93. The Bertz CT molecular complexity index is 634. The molecule has 16 heteroatoms. The van der Waals surface area contributed by atoms with Crippen LogP contribution < -0.4 is 35.3 Å². The first kappa shape index (κ1) is 30.5. The third-order valence-corrected chi connectivity index (χ3v) is 3.81. The summed E-state index contributed by atoms with van der Waals surface area (Å²) in [5, 5.41) is 23.9. The zero-order valence-electron chi connectivity index (χ0n) is 13.9. The maximum atomic E-state index is 10.9. The van der Waals surface area contributed by atoms with Gasteiger partial charge in [0.2, 0.25) is 15.1 Å². The Balaban J connectivity index is -0.000000350. The summed E-state index contributed by atoms with van der Waals surface area (Å²) in [5.74, 6) is -0.891. The van der Waals surface area contributed by atoms with E-state index in [1.54, 1.807) is 13.8 Å². The minimum Gasteiger partial charge on any atom is -0.461 e. The second-order valence-electron chi connectivity index (χ2n) is 3.32. The fourth-order valence-corrected chi connectivity index (χ4v) is 2.50. The molecule has 146 valence electrons. The molecular weight excluding hydrogens is 479 g/mol. The number of esters is 2. The number of anilines is 1. The van der Waals surface area contributed by atoms with E-state index in [9.17, 15) is 9.59 Å². The van der Waals surface area contributed by atoms with E-state index in [4.69, 9.17) is 15.8 Å². The van der Waals surface area contributed by atoms with Crippen LogP contribution >= 0.6 is 38.6 Å². The first-order valence-corrected chi connectivity index (χ1v) is 8.69. The molecule has 2 heterocycles. The minimum atomic E-state index is -0.471. The van der Waals surface area contributed by atoms with Crippen LogP contribution in [0.1, 0.15) is 40.9 Å². The van der Waals surface area contributed by atoms with Gasteiger partial charge in [-0.05, 0) is 29.8 Å². The quantitative estimate of drug-likeness (QED) is 0.254. The van der Waals surface area contributed by atoms with Gasteiger partial charge in [0.1, 0.15) is 0 Å². The van der Waals surface area contributed by atoms with Gasteiger partial charge in [-0.15, -0.1) is 25.7 Å². The van der Waals surface area contributed by atoms with Crippen molar-refractivity contribution in [2.75, 3.05) is 18.9 Å². The summed E-state index contributed by atoms with van der Waals surface area (Å²) in [5.41, 5.74) is 5.25. The molecule has 0 fully saturated rings. The largest absolute Gasteiger partial charge is 1.00 e. The summed E-state index contributed by atoms with van der Waals surface area (Å²) in [7, 11) is 0. The smallest absolute Gasteiger partial charge is 0.461 e. The van der Waals surface area contributed by atoms with Gasteiger partial charge in [0, 0.05) is 0 Å². The number of nitrogens with two attached hydrogens (primary N) is 1. The van der Waals surface area contributed by atoms with Crippen LogP contribution in [-0.4, -0.2) is 45.5 Å². The molecule has 12 nitrogen and oxygen atoms in total. The number of nitrogen functional groups attached to an aromatic ring is 1. The Morgan fingerprint density at radius 2 is 1.48 bits per heavy atom. The molecule has 0 aliphatic heterocycles. The van der Waals surface area contributed by atoms with E-state index in [1.807, 2.05) is 0 Å². The number of halogens is 1. The van der Waals surface area contributed by atoms with Gasteiger partial charge in [-0.25, -0.2) is 9.59 Å². The number of hydrogen-bond donors (Lipinski definition) is 1. The number of nitrogens with zero attached hydrogens (tertiary/aromatic N) is 5. The molecule has 2 N–H and O–H groups in total. The van der Waals surface area contributed by atoms with Crippen molar-refractivity contribution in [2.24, 2.45) is 5.34 Å². The van der Waals surface area contributed by atoms with Crippen LogP contribution in [0.4, 0.5) is 5.13 Å². The number of rotatable bonds is 4. The van der Waals surface area contributed by atoms with Gasteiger partial charge in [-0.2, -0.15) is 0 Å². The molecule has 0 atom stereocenters. The van der Waals surface area contributed by atoms with Crippen LogP contribution in [0.25, 0.3) is 0 Å². The normalized spacial score (nSPS) is 8.26. The van der Waals surface area contributed by atoms with Crippen molar-refractivity contribution in [3.8, 4) is 0 Å². The summed E-state index contributed by atoms with van der Waals surface area (Å²) >= 11 is 5.26. The maximum Gasteiger partial charge on any atom is 1.00 e. The molecule has 0 saturated carbocycles. The van der Waals surface area contributed by atoms with Crippen LogP contribution in [0.2, 0.25) is 0 Å². The predicted octanol–water partition coefficient (Wildman–Crippen LogP) is -0.335. The van der Waals surface area contributed by atoms with E-state index in [1.165, 1.54) is 0 Å². The third kappa shape index (κ3) is 13.5. The molecular formula is C11H16BrN6NaO6S2. The van der Waals surface area contributed by atoms with E-state index < -0.39 is 11.9 Å². The topological polar surface area (TPSA) is 183 Å². The summed E-state index contributed by atoms with van der Waals surface area (Å²) in [6.45, 7) is 4.16. The van der Waals surface area contributed by atoms with Crippen molar-refractivity contribution in [1.82, 2.24) is 20.4 Å². The molecule has 2 aromatic heterocycles. The fourth-order valence-electron chi connectivity index (χ4n) is 0.991. The van der Waals surface area contributed by atoms with Gasteiger partial charge in [0.05, 0.1) is 13.2 Å². The molecule has 0 aliphatic rings. The van der Waals surface area contributed by atoms with Gasteiger partial charge >= 0.3 is 41.5 Å². The van der Waals surface area contributed by atoms with Gasteiger partial charge in [0.15, 0.2) is 3.92 Å². The van der Waals surface area contributed by atoms with Crippen LogP contribution in [0.15, 0.2) is 9.26 Å². The van der Waals surface area contributed by atoms with E-state index in [-0.39, 0.29) is 52.1 Å². The van der Waals surface area contributed by atoms with Crippen molar-refractivity contribution in [1.29, 1.82) is 0 Å². The molecule has 0 bridgehead atoms. The van der Waals surface area contributed by atoms with Gasteiger partial charge < -0.3 is 25.3 Å². The molecule has 0 saturated heterocycles. The summed E-state index contributed by atoms with van der Waals surface area (Å²) in [4.78, 5) is 29.8. The number of ether oxygens (including phenoxy) is 2. The summed E-state index contributed by atoms with van der Waals surface area (Å²) in [6, 6.07) is 0. The SMILES string of the molecule is C.CCOC(=O)c1nnc(Br)s1.CCOC(=O)c1nnc(N)s1.O=N[O-].[Na+]. The van der Waals surface area contributed by atoms with E-state index >= 15 is 0 Å². The van der Waals surface area contributed by atoms with Crippen LogP contribution in [-0.2, 0) is 9.47 Å². The van der Waals surface area contributed by atoms with E-state index in [0.717, 1.165) is 28.0 Å². The zero-order valence-corrected chi connectivity index (χ0v) is 19.1. The molecule has 0 aromatic carbocycles. The molecule has 0 amide bonds. The molecule has 2 aromatic rings. The number of carbonyl (C=O) groups is 2. The Hall–Kier alpha value is -1.26. The van der Waals surface area contributed by atoms with Gasteiger partial charge in [0.25, 0.3) is 0 Å². The molecule has 0 spiro atoms. The van der Waals surface area contributed by atoms with Crippen LogP contribution in [0.3, 0.4) is 0 Å². The van der Waals surface area contributed by atoms with Crippen molar-refractivity contribution < 1.29 is 48.6 Å². The van der Waals surface area contributed by atoms with E-state index in [0.29, 0.717) is 17.1 Å². The predicted molar refractivity (Wildman–Crippen MR) is 99.7 cm³/mol. The first-order valence-electron chi connectivity index (χ1n) is 6.26. The number of carbonyl (C=O) groups excluding carboxylic acids is 2. The molecule has 27 heavy (non-hydrogen) atoms. The third-order valence-electron chi connectivity index (χ3n) is 1.74. The standard InChI is InChI=1S/C5H5BrN2O2S.C5H7N3O2S.CH4.HNO2.Na/c2*1-2-10-4(9)3-7-8-5(6)11-3;;2-1-3;/h2H2,1H3;2H2,1H3,(H2,6,8);1H4;(H,2,3);/q;;;;+1/p-1. The van der Waals surface area contributed by atoms with Crippen molar-refractivity contribution in [3.05, 3.63) is 24.0 Å². The average Bonchev–Trinajstić information content (AvgIpc) is 3.18. The zero-order chi connectivity index (χ0) is 19.2. The van der Waals surface area contributed by atoms with Crippen molar-refractivity contribution in [3.63, 3.8) is 0 Å². The van der Waals surface area contributed by atoms with Crippen molar-refractivity contribution in [2.45, 2.75) is 21.3 Å². The minimum absolute atomic E-state index is 0. The van der Waals surface area contributed by atoms with E-state index in [2.05, 4.69) is 45.8 Å². The second kappa shape index (κ2) is 18.1. The molecule has 0 radical (unpaired) electrons. The molecule has 0 unspecified atom stereocenters. The Morgan fingerprint density at radius 1 is 1.07 bits per heavy atom. The maximum absolute atomic E-state index is 10.9. The first-order chi connectivity index (χ1) is 11.9. The number of aromatic nitrogens is 4.